The maximum Gasteiger partial charge on any atom is 0.329 e. The Bertz CT molecular complexity index is 280. The molecule has 2 fully saturated rings. The van der Waals surface area contributed by atoms with Gasteiger partial charge in [0.05, 0.1) is 5.92 Å². The van der Waals surface area contributed by atoms with Gasteiger partial charge in [0.25, 0.3) is 0 Å². The van der Waals surface area contributed by atoms with Gasteiger partial charge in [0.2, 0.25) is 5.91 Å². The van der Waals surface area contributed by atoms with E-state index in [1.165, 1.54) is 0 Å². The van der Waals surface area contributed by atoms with Crippen LogP contribution in [0.1, 0.15) is 25.7 Å². The number of carboxylic acids is 1. The van der Waals surface area contributed by atoms with Crippen molar-refractivity contribution in [1.29, 1.82) is 0 Å². The average Bonchev–Trinajstić information content (AvgIpc) is 2.62. The summed E-state index contributed by atoms with van der Waals surface area (Å²) in [5.41, 5.74) is -0.959. The molecule has 15 heavy (non-hydrogen) atoms. The third kappa shape index (κ3) is 1.84. The summed E-state index contributed by atoms with van der Waals surface area (Å²) in [5.74, 6) is -1.06. The highest BCUT2D eigenvalue weighted by Crippen LogP contribution is 2.32. The first-order valence-corrected chi connectivity index (χ1v) is 5.40. The molecule has 1 amide bonds. The van der Waals surface area contributed by atoms with Crippen molar-refractivity contribution in [1.82, 2.24) is 10.6 Å². The second-order valence-corrected chi connectivity index (χ2v) is 4.42. The third-order valence-corrected chi connectivity index (χ3v) is 3.41. The van der Waals surface area contributed by atoms with Crippen LogP contribution in [0.3, 0.4) is 0 Å². The first-order valence-electron chi connectivity index (χ1n) is 5.40. The number of carbonyl (C=O) groups excluding carboxylic acids is 1. The number of aliphatic carboxylic acids is 1. The third-order valence-electron chi connectivity index (χ3n) is 3.41. The van der Waals surface area contributed by atoms with Crippen LogP contribution in [0.5, 0.6) is 0 Å². The molecule has 5 nitrogen and oxygen atoms in total. The van der Waals surface area contributed by atoms with Gasteiger partial charge in [0, 0.05) is 6.54 Å². The van der Waals surface area contributed by atoms with E-state index in [2.05, 4.69) is 10.6 Å². The maximum atomic E-state index is 11.7. The van der Waals surface area contributed by atoms with E-state index in [0.29, 0.717) is 19.4 Å². The summed E-state index contributed by atoms with van der Waals surface area (Å²) in [7, 11) is 0. The van der Waals surface area contributed by atoms with E-state index in [0.717, 1.165) is 19.4 Å². The number of carbonyl (C=O) groups is 2. The first-order chi connectivity index (χ1) is 7.14. The van der Waals surface area contributed by atoms with Gasteiger partial charge in [-0.15, -0.1) is 0 Å². The fraction of sp³-hybridized carbons (Fsp3) is 0.800. The van der Waals surface area contributed by atoms with Crippen LogP contribution in [0.15, 0.2) is 0 Å². The summed E-state index contributed by atoms with van der Waals surface area (Å²) in [5, 5.41) is 14.8. The van der Waals surface area contributed by atoms with E-state index < -0.39 is 11.5 Å². The zero-order valence-electron chi connectivity index (χ0n) is 8.58. The van der Waals surface area contributed by atoms with Crippen LogP contribution in [0, 0.1) is 5.92 Å². The van der Waals surface area contributed by atoms with Crippen LogP contribution < -0.4 is 10.6 Å². The molecule has 0 aromatic carbocycles. The zero-order valence-corrected chi connectivity index (χ0v) is 8.58. The number of rotatable bonds is 3. The van der Waals surface area contributed by atoms with E-state index in [-0.39, 0.29) is 11.8 Å². The monoisotopic (exact) mass is 212 g/mol. The topological polar surface area (TPSA) is 78.4 Å². The smallest absolute Gasteiger partial charge is 0.329 e. The zero-order chi connectivity index (χ0) is 10.9. The average molecular weight is 212 g/mol. The Morgan fingerprint density at radius 1 is 1.40 bits per heavy atom. The van der Waals surface area contributed by atoms with Crippen LogP contribution in [-0.4, -0.2) is 35.6 Å². The lowest BCUT2D eigenvalue weighted by molar-refractivity contribution is -0.152. The number of hydrogen-bond donors (Lipinski definition) is 3. The van der Waals surface area contributed by atoms with Gasteiger partial charge in [0.15, 0.2) is 0 Å². The van der Waals surface area contributed by atoms with Crippen LogP contribution in [0.25, 0.3) is 0 Å². The van der Waals surface area contributed by atoms with E-state index >= 15 is 0 Å². The van der Waals surface area contributed by atoms with E-state index in [1.54, 1.807) is 0 Å². The van der Waals surface area contributed by atoms with Crippen molar-refractivity contribution in [2.24, 2.45) is 5.92 Å². The highest BCUT2D eigenvalue weighted by molar-refractivity contribution is 5.89. The van der Waals surface area contributed by atoms with Crippen molar-refractivity contribution in [3.63, 3.8) is 0 Å². The van der Waals surface area contributed by atoms with Gasteiger partial charge in [0.1, 0.15) is 5.54 Å². The minimum absolute atomic E-state index is 0.0539. The number of carboxylic acid groups (broad SMARTS) is 1. The molecule has 0 spiro atoms. The fourth-order valence-corrected chi connectivity index (χ4v) is 2.14. The molecule has 1 saturated heterocycles. The van der Waals surface area contributed by atoms with Crippen LogP contribution in [-0.2, 0) is 9.59 Å². The second-order valence-electron chi connectivity index (χ2n) is 4.42. The number of nitrogens with one attached hydrogen (secondary N) is 2. The standard InChI is InChI=1S/C10H16N2O3/c13-8(7-2-5-11-6-7)12-10(9(14)15)3-1-4-10/h7,11H,1-6H2,(H,12,13)(H,14,15). The Balaban J connectivity index is 1.94. The Morgan fingerprint density at radius 3 is 2.53 bits per heavy atom. The molecule has 2 rings (SSSR count). The SMILES string of the molecule is O=C(NC1(C(=O)O)CCC1)C1CCNC1. The first kappa shape index (κ1) is 10.4. The number of amides is 1. The van der Waals surface area contributed by atoms with Crippen LogP contribution >= 0.6 is 0 Å². The largest absolute Gasteiger partial charge is 0.480 e. The quantitative estimate of drug-likeness (QED) is 0.601. The fourth-order valence-electron chi connectivity index (χ4n) is 2.14. The predicted octanol–water partition coefficient (Wildman–Crippen LogP) is -0.281. The minimum Gasteiger partial charge on any atom is -0.480 e. The van der Waals surface area contributed by atoms with Crippen molar-refractivity contribution < 1.29 is 14.7 Å². The van der Waals surface area contributed by atoms with Crippen molar-refractivity contribution in [2.45, 2.75) is 31.2 Å². The molecular weight excluding hydrogens is 196 g/mol. The van der Waals surface area contributed by atoms with E-state index in [1.807, 2.05) is 0 Å². The highest BCUT2D eigenvalue weighted by Gasteiger charge is 2.46. The lowest BCUT2D eigenvalue weighted by Gasteiger charge is -2.38. The van der Waals surface area contributed by atoms with Gasteiger partial charge in [-0.2, -0.15) is 0 Å². The van der Waals surface area contributed by atoms with Gasteiger partial charge in [-0.25, -0.2) is 4.79 Å². The van der Waals surface area contributed by atoms with Gasteiger partial charge in [-0.05, 0) is 32.2 Å². The van der Waals surface area contributed by atoms with Crippen molar-refractivity contribution >= 4 is 11.9 Å². The molecule has 2 aliphatic rings. The number of hydrogen-bond acceptors (Lipinski definition) is 3. The molecule has 1 aliphatic carbocycles. The molecular formula is C10H16N2O3. The molecule has 0 radical (unpaired) electrons. The lowest BCUT2D eigenvalue weighted by atomic mass is 9.76. The van der Waals surface area contributed by atoms with Crippen molar-refractivity contribution in [3.8, 4) is 0 Å². The molecule has 1 aliphatic heterocycles. The maximum absolute atomic E-state index is 11.7. The summed E-state index contributed by atoms with van der Waals surface area (Å²) in [6.07, 6.45) is 2.82. The Labute approximate surface area is 88.2 Å². The van der Waals surface area contributed by atoms with Crippen molar-refractivity contribution in [2.75, 3.05) is 13.1 Å². The molecule has 1 heterocycles. The minimum atomic E-state index is -0.959. The second kappa shape index (κ2) is 3.81. The summed E-state index contributed by atoms with van der Waals surface area (Å²) >= 11 is 0. The predicted molar refractivity (Wildman–Crippen MR) is 53.3 cm³/mol. The molecule has 0 aromatic heterocycles. The van der Waals surface area contributed by atoms with Gasteiger partial charge in [-0.1, -0.05) is 0 Å². The summed E-state index contributed by atoms with van der Waals surface area (Å²) in [4.78, 5) is 22.8. The van der Waals surface area contributed by atoms with E-state index in [4.69, 9.17) is 5.11 Å². The molecule has 84 valence electrons. The van der Waals surface area contributed by atoms with Crippen LogP contribution in [0.2, 0.25) is 0 Å². The molecule has 0 aromatic rings. The molecule has 1 unspecified atom stereocenters. The van der Waals surface area contributed by atoms with Gasteiger partial charge < -0.3 is 15.7 Å². The molecule has 3 N–H and O–H groups in total. The normalized spacial score (nSPS) is 28.1. The van der Waals surface area contributed by atoms with Crippen LogP contribution in [0.4, 0.5) is 0 Å². The highest BCUT2D eigenvalue weighted by atomic mass is 16.4. The Hall–Kier alpha value is -1.10. The molecule has 5 heteroatoms. The lowest BCUT2D eigenvalue weighted by Crippen LogP contribution is -2.60. The van der Waals surface area contributed by atoms with Gasteiger partial charge >= 0.3 is 5.97 Å². The summed E-state index contributed by atoms with van der Waals surface area (Å²) in [6.45, 7) is 1.51. The molecule has 1 atom stereocenters. The molecule has 0 bridgehead atoms. The van der Waals surface area contributed by atoms with E-state index in [9.17, 15) is 9.59 Å². The Kier molecular flexibility index (Phi) is 2.65. The summed E-state index contributed by atoms with van der Waals surface area (Å²) < 4.78 is 0. The van der Waals surface area contributed by atoms with Crippen molar-refractivity contribution in [3.05, 3.63) is 0 Å². The molecule has 1 saturated carbocycles. The Morgan fingerprint density at radius 2 is 2.13 bits per heavy atom. The van der Waals surface area contributed by atoms with Gasteiger partial charge in [-0.3, -0.25) is 4.79 Å². The summed E-state index contributed by atoms with van der Waals surface area (Å²) in [6, 6.07) is 0.